The molecule has 0 bridgehead atoms. The molecule has 1 amide bonds. The molecule has 2 rings (SSSR count). The minimum absolute atomic E-state index is 0.404. The highest BCUT2D eigenvalue weighted by Gasteiger charge is 2.18. The molecule has 0 fully saturated rings. The minimum atomic E-state index is -1.49. The third-order valence-corrected chi connectivity index (χ3v) is 2.94. The smallest absolute Gasteiger partial charge is 0.394 e. The Labute approximate surface area is 122 Å². The van der Waals surface area contributed by atoms with E-state index in [2.05, 4.69) is 0 Å². The van der Waals surface area contributed by atoms with E-state index in [0.29, 0.717) is 18.0 Å². The molecule has 2 aromatic rings. The lowest BCUT2D eigenvalue weighted by Gasteiger charge is -2.16. The van der Waals surface area contributed by atoms with Crippen LogP contribution in [-0.4, -0.2) is 24.0 Å². The fourth-order valence-corrected chi connectivity index (χ4v) is 1.78. The molecule has 0 saturated heterocycles. The average Bonchev–Trinajstić information content (AvgIpc) is 2.52. The van der Waals surface area contributed by atoms with Crippen LogP contribution in [0.15, 0.2) is 54.6 Å². The summed E-state index contributed by atoms with van der Waals surface area (Å²) in [7, 11) is 1.41. The van der Waals surface area contributed by atoms with Crippen LogP contribution in [0.4, 0.5) is 5.69 Å². The highest BCUT2D eigenvalue weighted by molar-refractivity contribution is 6.37. The Bertz CT molecular complexity index is 640. The topological polar surface area (TPSA) is 66.8 Å². The molecule has 1 N–H and O–H groups in total. The predicted molar refractivity (Wildman–Crippen MR) is 78.3 cm³/mol. The fourth-order valence-electron chi connectivity index (χ4n) is 1.78. The van der Waals surface area contributed by atoms with Crippen LogP contribution in [0.3, 0.4) is 0 Å². The summed E-state index contributed by atoms with van der Waals surface area (Å²) in [5, 5.41) is 8.71. The maximum Gasteiger partial charge on any atom is 0.394 e. The van der Waals surface area contributed by atoms with Crippen molar-refractivity contribution in [3.8, 4) is 5.75 Å². The molecular formula is C16H15NO4. The van der Waals surface area contributed by atoms with Crippen LogP contribution in [0, 0.1) is 0 Å². The molecule has 0 aliphatic heterocycles. The summed E-state index contributed by atoms with van der Waals surface area (Å²) in [6, 6.07) is 16.4. The first-order chi connectivity index (χ1) is 10.1. The molecule has 5 heteroatoms. The Balaban J connectivity index is 2.07. The van der Waals surface area contributed by atoms with Gasteiger partial charge in [-0.3, -0.25) is 4.79 Å². The van der Waals surface area contributed by atoms with Crippen molar-refractivity contribution in [1.29, 1.82) is 0 Å². The number of aliphatic carboxylic acids is 1. The molecule has 108 valence electrons. The van der Waals surface area contributed by atoms with Gasteiger partial charge in [-0.15, -0.1) is 0 Å². The van der Waals surface area contributed by atoms with E-state index < -0.39 is 11.9 Å². The lowest BCUT2D eigenvalue weighted by molar-refractivity contribution is -0.148. The SMILES string of the molecule is CN(C(=O)C(=O)O)c1cccc(OCc2ccccc2)c1. The van der Waals surface area contributed by atoms with E-state index in [1.165, 1.54) is 7.05 Å². The molecule has 5 nitrogen and oxygen atoms in total. The van der Waals surface area contributed by atoms with Crippen molar-refractivity contribution < 1.29 is 19.4 Å². The van der Waals surface area contributed by atoms with Crippen molar-refractivity contribution in [3.63, 3.8) is 0 Å². The van der Waals surface area contributed by atoms with E-state index in [-0.39, 0.29) is 0 Å². The van der Waals surface area contributed by atoms with Crippen LogP contribution >= 0.6 is 0 Å². The van der Waals surface area contributed by atoms with E-state index in [1.54, 1.807) is 24.3 Å². The summed E-state index contributed by atoms with van der Waals surface area (Å²) in [5.41, 5.74) is 1.49. The van der Waals surface area contributed by atoms with E-state index in [9.17, 15) is 9.59 Å². The summed E-state index contributed by atoms with van der Waals surface area (Å²) in [4.78, 5) is 23.2. The molecule has 0 aromatic heterocycles. The molecule has 0 aliphatic carbocycles. The van der Waals surface area contributed by atoms with Gasteiger partial charge in [0.25, 0.3) is 0 Å². The van der Waals surface area contributed by atoms with Crippen LogP contribution in [0.5, 0.6) is 5.75 Å². The Morgan fingerprint density at radius 2 is 1.81 bits per heavy atom. The number of nitrogens with zero attached hydrogens (tertiary/aromatic N) is 1. The second-order valence-electron chi connectivity index (χ2n) is 4.44. The highest BCUT2D eigenvalue weighted by atomic mass is 16.5. The van der Waals surface area contributed by atoms with Gasteiger partial charge in [0.05, 0.1) is 0 Å². The van der Waals surface area contributed by atoms with Gasteiger partial charge in [-0.25, -0.2) is 4.79 Å². The van der Waals surface area contributed by atoms with Gasteiger partial charge in [0.2, 0.25) is 0 Å². The number of benzene rings is 2. The summed E-state index contributed by atoms with van der Waals surface area (Å²) < 4.78 is 5.64. The highest BCUT2D eigenvalue weighted by Crippen LogP contribution is 2.21. The molecule has 2 aromatic carbocycles. The maximum atomic E-state index is 11.4. The lowest BCUT2D eigenvalue weighted by atomic mass is 10.2. The van der Waals surface area contributed by atoms with Crippen molar-refractivity contribution >= 4 is 17.6 Å². The number of carboxylic acid groups (broad SMARTS) is 1. The second-order valence-corrected chi connectivity index (χ2v) is 4.44. The second kappa shape index (κ2) is 6.56. The summed E-state index contributed by atoms with van der Waals surface area (Å²) in [6.07, 6.45) is 0. The zero-order chi connectivity index (χ0) is 15.2. The number of hydrogen-bond donors (Lipinski definition) is 1. The number of carbonyl (C=O) groups is 2. The predicted octanol–water partition coefficient (Wildman–Crippen LogP) is 2.31. The van der Waals surface area contributed by atoms with Crippen LogP contribution < -0.4 is 9.64 Å². The largest absolute Gasteiger partial charge is 0.489 e. The van der Waals surface area contributed by atoms with Gasteiger partial charge in [0.15, 0.2) is 0 Å². The van der Waals surface area contributed by atoms with Crippen molar-refractivity contribution in [2.45, 2.75) is 6.61 Å². The quantitative estimate of drug-likeness (QED) is 0.875. The van der Waals surface area contributed by atoms with Crippen LogP contribution in [0.25, 0.3) is 0 Å². The van der Waals surface area contributed by atoms with E-state index in [0.717, 1.165) is 10.5 Å². The lowest BCUT2D eigenvalue weighted by Crippen LogP contribution is -2.32. The van der Waals surface area contributed by atoms with Crippen LogP contribution in [-0.2, 0) is 16.2 Å². The zero-order valence-electron chi connectivity index (χ0n) is 11.5. The Hall–Kier alpha value is -2.82. The number of likely N-dealkylation sites (N-methyl/N-ethyl adjacent to an activating group) is 1. The van der Waals surface area contributed by atoms with Gasteiger partial charge in [-0.05, 0) is 17.7 Å². The van der Waals surface area contributed by atoms with Gasteiger partial charge in [-0.1, -0.05) is 36.4 Å². The number of anilines is 1. The van der Waals surface area contributed by atoms with Crippen molar-refractivity contribution in [2.75, 3.05) is 11.9 Å². The van der Waals surface area contributed by atoms with Gasteiger partial charge >= 0.3 is 11.9 Å². The van der Waals surface area contributed by atoms with Crippen LogP contribution in [0.1, 0.15) is 5.56 Å². The first kappa shape index (κ1) is 14.6. The van der Waals surface area contributed by atoms with E-state index >= 15 is 0 Å². The van der Waals surface area contributed by atoms with Crippen LogP contribution in [0.2, 0.25) is 0 Å². The Morgan fingerprint density at radius 3 is 2.48 bits per heavy atom. The molecule has 0 radical (unpaired) electrons. The Morgan fingerprint density at radius 1 is 1.10 bits per heavy atom. The monoisotopic (exact) mass is 285 g/mol. The standard InChI is InChI=1S/C16H15NO4/c1-17(15(18)16(19)20)13-8-5-9-14(10-13)21-11-12-6-3-2-4-7-12/h2-10H,11H2,1H3,(H,19,20). The van der Waals surface area contributed by atoms with Crippen molar-refractivity contribution in [1.82, 2.24) is 0 Å². The molecule has 0 aliphatic rings. The average molecular weight is 285 g/mol. The molecule has 0 heterocycles. The molecule has 0 unspecified atom stereocenters. The number of hydrogen-bond acceptors (Lipinski definition) is 3. The first-order valence-electron chi connectivity index (χ1n) is 6.35. The molecule has 21 heavy (non-hydrogen) atoms. The number of carbonyl (C=O) groups excluding carboxylic acids is 1. The maximum absolute atomic E-state index is 11.4. The van der Waals surface area contributed by atoms with Gasteiger partial charge in [0, 0.05) is 18.8 Å². The van der Waals surface area contributed by atoms with Gasteiger partial charge < -0.3 is 14.7 Å². The molecule has 0 saturated carbocycles. The Kier molecular flexibility index (Phi) is 4.56. The minimum Gasteiger partial charge on any atom is -0.489 e. The normalized spacial score (nSPS) is 9.95. The van der Waals surface area contributed by atoms with E-state index in [4.69, 9.17) is 9.84 Å². The zero-order valence-corrected chi connectivity index (χ0v) is 11.5. The number of amides is 1. The van der Waals surface area contributed by atoms with Gasteiger partial charge in [-0.2, -0.15) is 0 Å². The molecule has 0 spiro atoms. The van der Waals surface area contributed by atoms with Crippen molar-refractivity contribution in [3.05, 3.63) is 60.2 Å². The number of carboxylic acids is 1. The fraction of sp³-hybridized carbons (Fsp3) is 0.125. The summed E-state index contributed by atoms with van der Waals surface area (Å²) in [5.74, 6) is -1.91. The third-order valence-electron chi connectivity index (χ3n) is 2.94. The number of ether oxygens (including phenoxy) is 1. The summed E-state index contributed by atoms with van der Waals surface area (Å²) in [6.45, 7) is 0.404. The molecule has 0 atom stereocenters. The van der Waals surface area contributed by atoms with Crippen molar-refractivity contribution in [2.24, 2.45) is 0 Å². The first-order valence-corrected chi connectivity index (χ1v) is 6.35. The third kappa shape index (κ3) is 3.82. The van der Waals surface area contributed by atoms with E-state index in [1.807, 2.05) is 30.3 Å². The summed E-state index contributed by atoms with van der Waals surface area (Å²) >= 11 is 0. The molecular weight excluding hydrogens is 270 g/mol. The van der Waals surface area contributed by atoms with Gasteiger partial charge in [0.1, 0.15) is 12.4 Å². The number of rotatable bonds is 4.